The van der Waals surface area contributed by atoms with E-state index in [1.54, 1.807) is 14.2 Å². The Bertz CT molecular complexity index is 480. The molecule has 0 aromatic heterocycles. The third-order valence-electron chi connectivity index (χ3n) is 3.78. The highest BCUT2D eigenvalue weighted by Gasteiger charge is 2.23. The number of halogens is 1. The molecule has 5 heteroatoms. The zero-order chi connectivity index (χ0) is 15.4. The van der Waals surface area contributed by atoms with Gasteiger partial charge in [0.05, 0.1) is 24.9 Å². The lowest BCUT2D eigenvalue weighted by atomic mass is 10.0. The summed E-state index contributed by atoms with van der Waals surface area (Å²) in [6.45, 7) is 6.36. The van der Waals surface area contributed by atoms with Crippen LogP contribution in [0.15, 0.2) is 12.1 Å². The Morgan fingerprint density at radius 2 is 1.95 bits per heavy atom. The molecule has 0 amide bonds. The molecule has 21 heavy (non-hydrogen) atoms. The minimum Gasteiger partial charge on any atom is -0.495 e. The SMILES string of the molecule is COc1cc(OC)c(N2CCCC(NC(C)C)C2)cc1Cl. The van der Waals surface area contributed by atoms with Crippen LogP contribution >= 0.6 is 11.6 Å². The van der Waals surface area contributed by atoms with Gasteiger partial charge in [0.2, 0.25) is 0 Å². The van der Waals surface area contributed by atoms with Gasteiger partial charge in [0, 0.05) is 31.2 Å². The Hall–Kier alpha value is -1.13. The fourth-order valence-electron chi connectivity index (χ4n) is 2.89. The fourth-order valence-corrected chi connectivity index (χ4v) is 3.13. The van der Waals surface area contributed by atoms with Crippen molar-refractivity contribution in [1.82, 2.24) is 5.32 Å². The van der Waals surface area contributed by atoms with Crippen LogP contribution < -0.4 is 19.7 Å². The third kappa shape index (κ3) is 3.95. The van der Waals surface area contributed by atoms with Crippen LogP contribution in [0.1, 0.15) is 26.7 Å². The summed E-state index contributed by atoms with van der Waals surface area (Å²) in [6, 6.07) is 4.80. The predicted octanol–water partition coefficient (Wildman–Crippen LogP) is 3.32. The van der Waals surface area contributed by atoms with Crippen LogP contribution in [-0.2, 0) is 0 Å². The van der Waals surface area contributed by atoms with Crippen molar-refractivity contribution >= 4 is 17.3 Å². The highest BCUT2D eigenvalue weighted by molar-refractivity contribution is 6.32. The van der Waals surface area contributed by atoms with Gasteiger partial charge in [-0.2, -0.15) is 0 Å². The van der Waals surface area contributed by atoms with Crippen molar-refractivity contribution in [2.24, 2.45) is 0 Å². The van der Waals surface area contributed by atoms with Crippen LogP contribution in [0.5, 0.6) is 11.5 Å². The minimum atomic E-state index is 0.497. The first-order valence-corrected chi connectivity index (χ1v) is 7.85. The first-order chi connectivity index (χ1) is 10.0. The predicted molar refractivity (Wildman–Crippen MR) is 88.1 cm³/mol. The second kappa shape index (κ2) is 7.23. The smallest absolute Gasteiger partial charge is 0.145 e. The molecule has 1 N–H and O–H groups in total. The van der Waals surface area contributed by atoms with Crippen molar-refractivity contribution in [2.45, 2.75) is 38.8 Å². The highest BCUT2D eigenvalue weighted by Crippen LogP contribution is 2.38. The summed E-state index contributed by atoms with van der Waals surface area (Å²) < 4.78 is 10.8. The Labute approximate surface area is 132 Å². The quantitative estimate of drug-likeness (QED) is 0.904. The number of anilines is 1. The van der Waals surface area contributed by atoms with Gasteiger partial charge in [-0.1, -0.05) is 25.4 Å². The summed E-state index contributed by atoms with van der Waals surface area (Å²) in [5, 5.41) is 4.23. The maximum atomic E-state index is 6.28. The second-order valence-corrected chi connectivity index (χ2v) is 6.17. The van der Waals surface area contributed by atoms with E-state index in [1.165, 1.54) is 6.42 Å². The van der Waals surface area contributed by atoms with E-state index in [4.69, 9.17) is 21.1 Å². The summed E-state index contributed by atoms with van der Waals surface area (Å²) in [4.78, 5) is 2.34. The minimum absolute atomic E-state index is 0.497. The number of methoxy groups -OCH3 is 2. The highest BCUT2D eigenvalue weighted by atomic mass is 35.5. The van der Waals surface area contributed by atoms with Crippen molar-refractivity contribution in [2.75, 3.05) is 32.2 Å². The number of piperidine rings is 1. The van der Waals surface area contributed by atoms with Gasteiger partial charge in [-0.3, -0.25) is 0 Å². The fraction of sp³-hybridized carbons (Fsp3) is 0.625. The lowest BCUT2D eigenvalue weighted by molar-refractivity contribution is 0.380. The molecule has 0 saturated carbocycles. The molecular formula is C16H25ClN2O2. The zero-order valence-electron chi connectivity index (χ0n) is 13.3. The van der Waals surface area contributed by atoms with Crippen LogP contribution in [0.4, 0.5) is 5.69 Å². The zero-order valence-corrected chi connectivity index (χ0v) is 14.0. The standard InChI is InChI=1S/C16H25ClN2O2/c1-11(2)18-12-6-5-7-19(10-12)14-8-13(17)15(20-3)9-16(14)21-4/h8-9,11-12,18H,5-7,10H2,1-4H3. The lowest BCUT2D eigenvalue weighted by Crippen LogP contribution is -2.48. The van der Waals surface area contributed by atoms with E-state index in [2.05, 4.69) is 24.1 Å². The summed E-state index contributed by atoms with van der Waals surface area (Å²) in [7, 11) is 3.30. The van der Waals surface area contributed by atoms with E-state index >= 15 is 0 Å². The largest absolute Gasteiger partial charge is 0.495 e. The van der Waals surface area contributed by atoms with Crippen LogP contribution in [0.2, 0.25) is 5.02 Å². The number of nitrogens with zero attached hydrogens (tertiary/aromatic N) is 1. The van der Waals surface area contributed by atoms with Gasteiger partial charge >= 0.3 is 0 Å². The Morgan fingerprint density at radius 1 is 1.24 bits per heavy atom. The Kier molecular flexibility index (Phi) is 5.59. The molecule has 1 saturated heterocycles. The van der Waals surface area contributed by atoms with Gasteiger partial charge in [0.1, 0.15) is 11.5 Å². The van der Waals surface area contributed by atoms with Crippen LogP contribution in [0.3, 0.4) is 0 Å². The molecule has 1 fully saturated rings. The van der Waals surface area contributed by atoms with Crippen molar-refractivity contribution in [3.63, 3.8) is 0 Å². The molecule has 1 unspecified atom stereocenters. The number of hydrogen-bond donors (Lipinski definition) is 1. The van der Waals surface area contributed by atoms with Crippen molar-refractivity contribution < 1.29 is 9.47 Å². The Balaban J connectivity index is 2.22. The van der Waals surface area contributed by atoms with E-state index in [0.29, 0.717) is 22.9 Å². The molecule has 0 aliphatic carbocycles. The molecule has 1 aliphatic rings. The third-order valence-corrected chi connectivity index (χ3v) is 4.08. The van der Waals surface area contributed by atoms with Gasteiger partial charge in [-0.15, -0.1) is 0 Å². The number of hydrogen-bond acceptors (Lipinski definition) is 4. The Morgan fingerprint density at radius 3 is 2.57 bits per heavy atom. The first-order valence-electron chi connectivity index (χ1n) is 7.47. The maximum absolute atomic E-state index is 6.28. The molecule has 118 valence electrons. The van der Waals surface area contributed by atoms with E-state index in [-0.39, 0.29) is 0 Å². The average Bonchev–Trinajstić information content (AvgIpc) is 2.46. The van der Waals surface area contributed by atoms with Crippen molar-refractivity contribution in [3.05, 3.63) is 17.2 Å². The van der Waals surface area contributed by atoms with Crippen molar-refractivity contribution in [1.29, 1.82) is 0 Å². The molecule has 0 bridgehead atoms. The van der Waals surface area contributed by atoms with Gasteiger partial charge in [0.15, 0.2) is 0 Å². The number of benzene rings is 1. The van der Waals surface area contributed by atoms with Crippen LogP contribution in [0.25, 0.3) is 0 Å². The lowest BCUT2D eigenvalue weighted by Gasteiger charge is -2.36. The molecule has 1 aromatic carbocycles. The molecule has 4 nitrogen and oxygen atoms in total. The van der Waals surface area contributed by atoms with E-state index in [9.17, 15) is 0 Å². The topological polar surface area (TPSA) is 33.7 Å². The van der Waals surface area contributed by atoms with Gasteiger partial charge in [-0.25, -0.2) is 0 Å². The van der Waals surface area contributed by atoms with Gasteiger partial charge < -0.3 is 19.7 Å². The van der Waals surface area contributed by atoms with E-state index in [0.717, 1.165) is 30.9 Å². The van der Waals surface area contributed by atoms with E-state index < -0.39 is 0 Å². The second-order valence-electron chi connectivity index (χ2n) is 5.77. The molecule has 1 aliphatic heterocycles. The van der Waals surface area contributed by atoms with Gasteiger partial charge in [-0.05, 0) is 18.9 Å². The monoisotopic (exact) mass is 312 g/mol. The van der Waals surface area contributed by atoms with Crippen LogP contribution in [-0.4, -0.2) is 39.4 Å². The van der Waals surface area contributed by atoms with Crippen molar-refractivity contribution in [3.8, 4) is 11.5 Å². The summed E-state index contributed by atoms with van der Waals surface area (Å²) in [5.74, 6) is 1.45. The number of rotatable bonds is 5. The van der Waals surface area contributed by atoms with E-state index in [1.807, 2.05) is 12.1 Å². The number of ether oxygens (including phenoxy) is 2. The summed E-state index contributed by atoms with van der Waals surface area (Å²) in [6.07, 6.45) is 2.37. The summed E-state index contributed by atoms with van der Waals surface area (Å²) in [5.41, 5.74) is 1.04. The molecule has 2 rings (SSSR count). The molecule has 1 heterocycles. The molecule has 1 aromatic rings. The molecular weight excluding hydrogens is 288 g/mol. The number of nitrogens with one attached hydrogen (secondary N) is 1. The molecule has 0 spiro atoms. The molecule has 0 radical (unpaired) electrons. The maximum Gasteiger partial charge on any atom is 0.145 e. The van der Waals surface area contributed by atoms with Crippen LogP contribution in [0, 0.1) is 0 Å². The summed E-state index contributed by atoms with van der Waals surface area (Å²) >= 11 is 6.28. The molecule has 1 atom stereocenters. The first kappa shape index (κ1) is 16.2. The average molecular weight is 313 g/mol. The normalized spacial score (nSPS) is 19.0. The van der Waals surface area contributed by atoms with Gasteiger partial charge in [0.25, 0.3) is 0 Å².